The molecule has 0 aliphatic rings. The Morgan fingerprint density at radius 3 is 2.14 bits per heavy atom. The van der Waals surface area contributed by atoms with Crippen LogP contribution in [0.4, 0.5) is 0 Å². The first-order chi connectivity index (χ1) is 9.57. The van der Waals surface area contributed by atoms with E-state index in [1.165, 1.54) is 0 Å². The van der Waals surface area contributed by atoms with Gasteiger partial charge in [0, 0.05) is 32.8 Å². The Morgan fingerprint density at radius 2 is 1.67 bits per heavy atom. The van der Waals surface area contributed by atoms with Crippen molar-refractivity contribution in [2.45, 2.75) is 51.9 Å². The van der Waals surface area contributed by atoms with Crippen LogP contribution in [0.3, 0.4) is 0 Å². The minimum Gasteiger partial charge on any atom is -0.318 e. The van der Waals surface area contributed by atoms with E-state index in [9.17, 15) is 4.57 Å². The number of rotatable bonds is 2. The van der Waals surface area contributed by atoms with Crippen LogP contribution in [-0.2, 0) is 4.57 Å². The Balaban J connectivity index is 2.64. The van der Waals surface area contributed by atoms with Gasteiger partial charge in [0.25, 0.3) is 0 Å². The van der Waals surface area contributed by atoms with E-state index in [-0.39, 0.29) is 10.3 Å². The van der Waals surface area contributed by atoms with E-state index in [4.69, 9.17) is 0 Å². The summed E-state index contributed by atoms with van der Waals surface area (Å²) >= 11 is 1.61. The van der Waals surface area contributed by atoms with Crippen molar-refractivity contribution in [3.8, 4) is 10.6 Å². The van der Waals surface area contributed by atoms with Gasteiger partial charge in [-0.3, -0.25) is 0 Å². The summed E-state index contributed by atoms with van der Waals surface area (Å²) in [5.41, 5.74) is 1.05. The number of nitrogens with zero attached hydrogens (tertiary/aromatic N) is 1. The zero-order valence-electron chi connectivity index (χ0n) is 13.7. The Kier molecular flexibility index (Phi) is 4.21. The van der Waals surface area contributed by atoms with Crippen molar-refractivity contribution in [2.24, 2.45) is 0 Å². The van der Waals surface area contributed by atoms with Gasteiger partial charge in [0.2, 0.25) is 0 Å². The number of thiazole rings is 1. The van der Waals surface area contributed by atoms with Crippen LogP contribution in [0, 0.1) is 0 Å². The van der Waals surface area contributed by atoms with Crippen molar-refractivity contribution in [1.29, 1.82) is 0 Å². The van der Waals surface area contributed by atoms with E-state index in [0.717, 1.165) is 15.9 Å². The molecule has 0 bridgehead atoms. The highest BCUT2D eigenvalue weighted by Gasteiger charge is 2.47. The first-order valence-corrected chi connectivity index (χ1v) is 9.77. The fraction of sp³-hybridized carbons (Fsp3) is 0.471. The van der Waals surface area contributed by atoms with Crippen LogP contribution in [0.2, 0.25) is 0 Å². The molecule has 21 heavy (non-hydrogen) atoms. The summed E-state index contributed by atoms with van der Waals surface area (Å²) in [5.74, 6) is 0. The SMILES string of the molecule is CC(C)(C)P(=O)(c1cccc(-c2nccs2)c1)C(C)(C)C. The van der Waals surface area contributed by atoms with Gasteiger partial charge in [-0.05, 0) is 6.07 Å². The zero-order valence-corrected chi connectivity index (χ0v) is 15.4. The molecule has 0 fully saturated rings. The number of hydrogen-bond donors (Lipinski definition) is 0. The minimum atomic E-state index is -2.59. The molecule has 0 atom stereocenters. The maximum atomic E-state index is 14.0. The third-order valence-electron chi connectivity index (χ3n) is 3.78. The summed E-state index contributed by atoms with van der Waals surface area (Å²) in [6, 6.07) is 8.11. The monoisotopic (exact) mass is 321 g/mol. The molecular formula is C17H24NOPS. The lowest BCUT2D eigenvalue weighted by atomic mass is 10.2. The first-order valence-electron chi connectivity index (χ1n) is 7.18. The second-order valence-corrected chi connectivity index (χ2v) is 12.7. The molecule has 114 valence electrons. The molecule has 4 heteroatoms. The molecule has 0 radical (unpaired) electrons. The van der Waals surface area contributed by atoms with Crippen molar-refractivity contribution in [3.63, 3.8) is 0 Å². The quantitative estimate of drug-likeness (QED) is 0.694. The van der Waals surface area contributed by atoms with Crippen LogP contribution in [0.1, 0.15) is 41.5 Å². The Hall–Kier alpha value is -0.920. The third-order valence-corrected chi connectivity index (χ3v) is 9.38. The van der Waals surface area contributed by atoms with Gasteiger partial charge < -0.3 is 4.57 Å². The Labute approximate surface area is 132 Å². The van der Waals surface area contributed by atoms with E-state index < -0.39 is 7.14 Å². The Bertz CT molecular complexity index is 645. The molecule has 0 saturated carbocycles. The van der Waals surface area contributed by atoms with Crippen molar-refractivity contribution in [2.75, 3.05) is 0 Å². The fourth-order valence-electron chi connectivity index (χ4n) is 2.98. The summed E-state index contributed by atoms with van der Waals surface area (Å²) < 4.78 is 14.0. The van der Waals surface area contributed by atoms with Gasteiger partial charge in [-0.15, -0.1) is 11.3 Å². The zero-order chi connectivity index (χ0) is 15.9. The van der Waals surface area contributed by atoms with Crippen LogP contribution < -0.4 is 5.30 Å². The molecule has 0 N–H and O–H groups in total. The summed E-state index contributed by atoms with van der Waals surface area (Å²) in [4.78, 5) is 4.36. The number of hydrogen-bond acceptors (Lipinski definition) is 3. The van der Waals surface area contributed by atoms with Crippen LogP contribution in [-0.4, -0.2) is 15.3 Å². The predicted octanol–water partition coefficient (Wildman–Crippen LogP) is 5.40. The number of aromatic nitrogens is 1. The normalized spacial score (nSPS) is 13.4. The van der Waals surface area contributed by atoms with Gasteiger partial charge in [0.05, 0.1) is 0 Å². The maximum absolute atomic E-state index is 14.0. The lowest BCUT2D eigenvalue weighted by Crippen LogP contribution is -2.35. The molecule has 1 aromatic carbocycles. The minimum absolute atomic E-state index is 0.271. The molecule has 0 aliphatic heterocycles. The highest BCUT2D eigenvalue weighted by molar-refractivity contribution is 7.74. The summed E-state index contributed by atoms with van der Waals surface area (Å²) in [6.45, 7) is 12.5. The van der Waals surface area contributed by atoms with E-state index in [1.54, 1.807) is 17.5 Å². The molecule has 1 aromatic heterocycles. The lowest BCUT2D eigenvalue weighted by Gasteiger charge is -2.41. The summed E-state index contributed by atoms with van der Waals surface area (Å²) in [6.07, 6.45) is 1.81. The molecule has 0 saturated heterocycles. The molecular weight excluding hydrogens is 297 g/mol. The molecule has 0 amide bonds. The second-order valence-electron chi connectivity index (χ2n) is 7.34. The van der Waals surface area contributed by atoms with Gasteiger partial charge in [-0.2, -0.15) is 0 Å². The van der Waals surface area contributed by atoms with Crippen molar-refractivity contribution >= 4 is 23.8 Å². The highest BCUT2D eigenvalue weighted by atomic mass is 32.1. The average molecular weight is 321 g/mol. The largest absolute Gasteiger partial charge is 0.318 e. The maximum Gasteiger partial charge on any atom is 0.125 e. The van der Waals surface area contributed by atoms with Gasteiger partial charge >= 0.3 is 0 Å². The molecule has 2 aromatic rings. The van der Waals surface area contributed by atoms with Gasteiger partial charge in [0.15, 0.2) is 0 Å². The van der Waals surface area contributed by atoms with Gasteiger partial charge in [-0.1, -0.05) is 59.7 Å². The summed E-state index contributed by atoms with van der Waals surface area (Å²) in [7, 11) is -2.59. The lowest BCUT2D eigenvalue weighted by molar-refractivity contribution is 0.527. The third kappa shape index (κ3) is 2.86. The topological polar surface area (TPSA) is 30.0 Å². The van der Waals surface area contributed by atoms with E-state index >= 15 is 0 Å². The van der Waals surface area contributed by atoms with Crippen LogP contribution >= 0.6 is 18.5 Å². The van der Waals surface area contributed by atoms with E-state index in [2.05, 4.69) is 52.6 Å². The predicted molar refractivity (Wildman–Crippen MR) is 94.3 cm³/mol. The Morgan fingerprint density at radius 1 is 1.05 bits per heavy atom. The first kappa shape index (κ1) is 16.5. The van der Waals surface area contributed by atoms with Crippen molar-refractivity contribution in [3.05, 3.63) is 35.8 Å². The fourth-order valence-corrected chi connectivity index (χ4v) is 7.80. The molecule has 2 rings (SSSR count). The summed E-state index contributed by atoms with van der Waals surface area (Å²) in [5, 5.41) is 3.36. The second kappa shape index (κ2) is 5.37. The van der Waals surface area contributed by atoms with E-state index in [1.807, 2.05) is 23.6 Å². The molecule has 0 spiro atoms. The standard InChI is InChI=1S/C17H24NOPS/c1-16(2,3)20(19,17(4,5)6)14-9-7-8-13(12-14)15-18-10-11-21-15/h7-12H,1-6H3. The highest BCUT2D eigenvalue weighted by Crippen LogP contribution is 2.65. The van der Waals surface area contributed by atoms with E-state index in [0.29, 0.717) is 0 Å². The van der Waals surface area contributed by atoms with Crippen LogP contribution in [0.5, 0.6) is 0 Å². The van der Waals surface area contributed by atoms with Crippen molar-refractivity contribution < 1.29 is 4.57 Å². The van der Waals surface area contributed by atoms with Crippen LogP contribution in [0.25, 0.3) is 10.6 Å². The molecule has 1 heterocycles. The average Bonchev–Trinajstić information content (AvgIpc) is 2.89. The van der Waals surface area contributed by atoms with Crippen LogP contribution in [0.15, 0.2) is 35.8 Å². The molecule has 0 unspecified atom stereocenters. The molecule has 2 nitrogen and oxygen atoms in total. The van der Waals surface area contributed by atoms with Gasteiger partial charge in [-0.25, -0.2) is 4.98 Å². The van der Waals surface area contributed by atoms with Gasteiger partial charge in [0.1, 0.15) is 12.1 Å². The smallest absolute Gasteiger partial charge is 0.125 e. The number of benzene rings is 1. The van der Waals surface area contributed by atoms with Crippen molar-refractivity contribution in [1.82, 2.24) is 4.98 Å². The molecule has 0 aliphatic carbocycles.